The largest absolute Gasteiger partial charge is 0.495 e. The van der Waals surface area contributed by atoms with Crippen LogP contribution in [0.25, 0.3) is 5.57 Å². The average molecular weight is 451 g/mol. The van der Waals surface area contributed by atoms with Gasteiger partial charge in [-0.05, 0) is 73.0 Å². The van der Waals surface area contributed by atoms with Crippen LogP contribution in [0.5, 0.6) is 5.75 Å². The van der Waals surface area contributed by atoms with Crippen molar-refractivity contribution < 1.29 is 18.7 Å². The number of aryl methyl sites for hydroxylation is 2. The number of nitrogens with one attached hydrogen (secondary N) is 1. The molecule has 1 heterocycles. The molecule has 0 radical (unpaired) electrons. The first-order valence-corrected chi connectivity index (χ1v) is 10.2. The van der Waals surface area contributed by atoms with Crippen LogP contribution >= 0.6 is 11.6 Å². The van der Waals surface area contributed by atoms with Gasteiger partial charge in [0, 0.05) is 5.69 Å². The summed E-state index contributed by atoms with van der Waals surface area (Å²) in [6.07, 6.45) is 0. The van der Waals surface area contributed by atoms with E-state index in [1.54, 1.807) is 30.3 Å². The number of amides is 2. The Bertz CT molecular complexity index is 1270. The normalized spacial score (nSPS) is 13.7. The molecule has 3 aromatic rings. The molecule has 2 amide bonds. The van der Waals surface area contributed by atoms with Crippen LogP contribution in [0.2, 0.25) is 5.02 Å². The number of halogens is 2. The van der Waals surface area contributed by atoms with E-state index in [0.717, 1.165) is 16.0 Å². The van der Waals surface area contributed by atoms with E-state index in [-0.39, 0.29) is 11.3 Å². The van der Waals surface area contributed by atoms with E-state index in [9.17, 15) is 14.0 Å². The predicted octanol–water partition coefficient (Wildman–Crippen LogP) is 5.50. The highest BCUT2D eigenvalue weighted by molar-refractivity contribution is 6.46. The predicted molar refractivity (Wildman–Crippen MR) is 123 cm³/mol. The zero-order chi connectivity index (χ0) is 23.0. The van der Waals surface area contributed by atoms with Crippen molar-refractivity contribution in [2.45, 2.75) is 13.8 Å². The molecule has 0 saturated carbocycles. The van der Waals surface area contributed by atoms with Crippen molar-refractivity contribution in [1.29, 1.82) is 0 Å². The lowest BCUT2D eigenvalue weighted by molar-refractivity contribution is -0.120. The third kappa shape index (κ3) is 3.85. The van der Waals surface area contributed by atoms with E-state index < -0.39 is 17.6 Å². The summed E-state index contributed by atoms with van der Waals surface area (Å²) >= 11 is 6.22. The van der Waals surface area contributed by atoms with Gasteiger partial charge < -0.3 is 10.1 Å². The summed E-state index contributed by atoms with van der Waals surface area (Å²) in [6.45, 7) is 3.87. The van der Waals surface area contributed by atoms with E-state index in [1.165, 1.54) is 31.4 Å². The van der Waals surface area contributed by atoms with E-state index in [0.29, 0.717) is 27.7 Å². The summed E-state index contributed by atoms with van der Waals surface area (Å²) in [5, 5.41) is 3.39. The van der Waals surface area contributed by atoms with Crippen molar-refractivity contribution in [3.05, 3.63) is 93.9 Å². The first-order valence-electron chi connectivity index (χ1n) is 9.87. The van der Waals surface area contributed by atoms with E-state index in [1.807, 2.05) is 19.9 Å². The van der Waals surface area contributed by atoms with E-state index >= 15 is 0 Å². The fourth-order valence-corrected chi connectivity index (χ4v) is 3.78. The van der Waals surface area contributed by atoms with Gasteiger partial charge >= 0.3 is 0 Å². The molecule has 0 fully saturated rings. The smallest absolute Gasteiger partial charge is 0.282 e. The molecule has 32 heavy (non-hydrogen) atoms. The molecule has 3 aromatic carbocycles. The number of methoxy groups -OCH3 is 1. The summed E-state index contributed by atoms with van der Waals surface area (Å²) in [7, 11) is 1.50. The maximum Gasteiger partial charge on any atom is 0.282 e. The van der Waals surface area contributed by atoms with Gasteiger partial charge in [-0.1, -0.05) is 29.8 Å². The minimum Gasteiger partial charge on any atom is -0.495 e. The number of hydrogen-bond acceptors (Lipinski definition) is 4. The minimum atomic E-state index is -0.510. The number of carbonyl (C=O) groups excluding carboxylic acids is 2. The molecule has 1 aliphatic rings. The fraction of sp³-hybridized carbons (Fsp3) is 0.120. The van der Waals surface area contributed by atoms with Gasteiger partial charge in [0.25, 0.3) is 11.8 Å². The highest BCUT2D eigenvalue weighted by Gasteiger charge is 2.40. The van der Waals surface area contributed by atoms with Crippen LogP contribution in [0.3, 0.4) is 0 Å². The Hall–Kier alpha value is -3.64. The van der Waals surface area contributed by atoms with Gasteiger partial charge in [0.2, 0.25) is 0 Å². The summed E-state index contributed by atoms with van der Waals surface area (Å²) in [5.74, 6) is -0.958. The Morgan fingerprint density at radius 3 is 2.25 bits per heavy atom. The molecule has 0 atom stereocenters. The number of benzene rings is 3. The number of rotatable bonds is 5. The molecule has 1 aliphatic heterocycles. The van der Waals surface area contributed by atoms with Crippen molar-refractivity contribution in [1.82, 2.24) is 0 Å². The lowest BCUT2D eigenvalue weighted by atomic mass is 10.0. The fourth-order valence-electron chi connectivity index (χ4n) is 3.52. The molecule has 4 rings (SSSR count). The molecule has 0 unspecified atom stereocenters. The third-order valence-electron chi connectivity index (χ3n) is 5.39. The lowest BCUT2D eigenvalue weighted by Crippen LogP contribution is -2.32. The molecular formula is C25H20ClFN2O3. The van der Waals surface area contributed by atoms with Gasteiger partial charge in [0.1, 0.15) is 17.3 Å². The summed E-state index contributed by atoms with van der Waals surface area (Å²) < 4.78 is 18.7. The second kappa shape index (κ2) is 8.48. The second-order valence-corrected chi connectivity index (χ2v) is 7.85. The first kappa shape index (κ1) is 21.6. The maximum absolute atomic E-state index is 13.5. The number of hydrogen-bond donors (Lipinski definition) is 1. The van der Waals surface area contributed by atoms with Crippen LogP contribution in [-0.4, -0.2) is 18.9 Å². The quantitative estimate of drug-likeness (QED) is 0.521. The highest BCUT2D eigenvalue weighted by atomic mass is 35.5. The van der Waals surface area contributed by atoms with Gasteiger partial charge in [-0.2, -0.15) is 0 Å². The monoisotopic (exact) mass is 450 g/mol. The number of anilines is 2. The average Bonchev–Trinajstić information content (AvgIpc) is 3.00. The number of imide groups is 1. The summed E-state index contributed by atoms with van der Waals surface area (Å²) in [4.78, 5) is 28.0. The van der Waals surface area contributed by atoms with Crippen LogP contribution < -0.4 is 15.0 Å². The van der Waals surface area contributed by atoms with Crippen molar-refractivity contribution in [2.24, 2.45) is 0 Å². The summed E-state index contributed by atoms with van der Waals surface area (Å²) in [5.41, 5.74) is 3.64. The number of nitrogens with zero attached hydrogens (tertiary/aromatic N) is 1. The van der Waals surface area contributed by atoms with Crippen molar-refractivity contribution in [3.8, 4) is 5.75 Å². The standard InChI is InChI=1S/C25H20ClFN2O3/c1-14-4-10-19(12-15(14)2)29-24(30)22(16-5-7-17(27)8-6-16)23(25(29)31)28-18-9-11-21(32-3)20(26)13-18/h4-13,28H,1-3H3. The number of carbonyl (C=O) groups is 2. The van der Waals surface area contributed by atoms with Crippen LogP contribution in [0.15, 0.2) is 66.4 Å². The van der Waals surface area contributed by atoms with Gasteiger partial charge in [-0.25, -0.2) is 9.29 Å². The van der Waals surface area contributed by atoms with Gasteiger partial charge in [0.15, 0.2) is 0 Å². The third-order valence-corrected chi connectivity index (χ3v) is 5.68. The minimum absolute atomic E-state index is 0.0843. The SMILES string of the molecule is COc1ccc(NC2=C(c3ccc(F)cc3)C(=O)N(c3ccc(C)c(C)c3)C2=O)cc1Cl. The van der Waals surface area contributed by atoms with Crippen LogP contribution in [0.1, 0.15) is 16.7 Å². The first-order chi connectivity index (χ1) is 15.3. The zero-order valence-corrected chi connectivity index (χ0v) is 18.5. The molecule has 1 N–H and O–H groups in total. The van der Waals surface area contributed by atoms with Crippen molar-refractivity contribution in [3.63, 3.8) is 0 Å². The molecule has 0 saturated heterocycles. The Kier molecular flexibility index (Phi) is 5.72. The van der Waals surface area contributed by atoms with Crippen LogP contribution in [0.4, 0.5) is 15.8 Å². The number of ether oxygens (including phenoxy) is 1. The van der Waals surface area contributed by atoms with Gasteiger partial charge in [0.05, 0.1) is 23.4 Å². The molecule has 162 valence electrons. The molecule has 5 nitrogen and oxygen atoms in total. The molecular weight excluding hydrogens is 431 g/mol. The molecule has 7 heteroatoms. The maximum atomic E-state index is 13.5. The highest BCUT2D eigenvalue weighted by Crippen LogP contribution is 2.35. The van der Waals surface area contributed by atoms with Crippen molar-refractivity contribution >= 4 is 40.4 Å². The summed E-state index contributed by atoms with van der Waals surface area (Å²) in [6, 6.07) is 15.8. The van der Waals surface area contributed by atoms with Crippen LogP contribution in [0, 0.1) is 19.7 Å². The lowest BCUT2D eigenvalue weighted by Gasteiger charge is -2.17. The molecule has 0 bridgehead atoms. The topological polar surface area (TPSA) is 58.6 Å². The Balaban J connectivity index is 1.81. The van der Waals surface area contributed by atoms with Crippen LogP contribution in [-0.2, 0) is 9.59 Å². The Labute approximate surface area is 190 Å². The molecule has 0 aliphatic carbocycles. The Morgan fingerprint density at radius 1 is 0.906 bits per heavy atom. The van der Waals surface area contributed by atoms with Gasteiger partial charge in [-0.3, -0.25) is 9.59 Å². The second-order valence-electron chi connectivity index (χ2n) is 7.45. The van der Waals surface area contributed by atoms with E-state index in [2.05, 4.69) is 5.32 Å². The van der Waals surface area contributed by atoms with E-state index in [4.69, 9.17) is 16.3 Å². The zero-order valence-electron chi connectivity index (χ0n) is 17.7. The molecule has 0 spiro atoms. The molecule has 0 aromatic heterocycles. The van der Waals surface area contributed by atoms with Gasteiger partial charge in [-0.15, -0.1) is 0 Å². The van der Waals surface area contributed by atoms with Crippen molar-refractivity contribution in [2.75, 3.05) is 17.3 Å². The Morgan fingerprint density at radius 2 is 1.62 bits per heavy atom.